The topological polar surface area (TPSA) is 74.7 Å². The largest absolute Gasteiger partial charge is 0.309 e. The molecule has 0 bridgehead atoms. The van der Waals surface area contributed by atoms with Crippen LogP contribution in [0.2, 0.25) is 0 Å². The van der Waals surface area contributed by atoms with E-state index in [1.807, 2.05) is 17.5 Å². The number of amides is 1. The molecule has 1 aliphatic rings. The van der Waals surface area contributed by atoms with E-state index < -0.39 is 14.8 Å². The fraction of sp³-hybridized carbons (Fsp3) is 0.375. The van der Waals surface area contributed by atoms with Gasteiger partial charge in [-0.05, 0) is 11.4 Å². The van der Waals surface area contributed by atoms with Crippen molar-refractivity contribution in [2.45, 2.75) is 11.3 Å². The summed E-state index contributed by atoms with van der Waals surface area (Å²) in [7, 11) is -4.22. The summed E-state index contributed by atoms with van der Waals surface area (Å²) in [6, 6.07) is 3.65. The number of carbonyl (C=O) groups excluding carboxylic acids is 1. The molecule has 16 heavy (non-hydrogen) atoms. The van der Waals surface area contributed by atoms with E-state index >= 15 is 0 Å². The zero-order chi connectivity index (χ0) is 11.8. The van der Waals surface area contributed by atoms with Gasteiger partial charge in [0.25, 0.3) is 10.1 Å². The van der Waals surface area contributed by atoms with Crippen LogP contribution < -0.4 is 0 Å². The van der Waals surface area contributed by atoms with Gasteiger partial charge in [0.05, 0.1) is 12.3 Å². The Bertz CT molecular complexity index is 481. The van der Waals surface area contributed by atoms with Gasteiger partial charge < -0.3 is 4.90 Å². The lowest BCUT2D eigenvalue weighted by Gasteiger charge is -2.20. The molecule has 1 aliphatic heterocycles. The highest BCUT2D eigenvalue weighted by Gasteiger charge is 2.40. The van der Waals surface area contributed by atoms with Gasteiger partial charge in [-0.25, -0.2) is 0 Å². The van der Waals surface area contributed by atoms with Gasteiger partial charge in [0.1, 0.15) is 0 Å². The van der Waals surface area contributed by atoms with Crippen molar-refractivity contribution in [2.24, 2.45) is 0 Å². The van der Waals surface area contributed by atoms with Crippen LogP contribution in [0.3, 0.4) is 0 Å². The fourth-order valence-electron chi connectivity index (χ4n) is 1.41. The Balaban J connectivity index is 2.20. The molecule has 1 aromatic heterocycles. The molecule has 1 aromatic rings. The smallest absolute Gasteiger partial charge is 0.296 e. The van der Waals surface area contributed by atoms with Crippen molar-refractivity contribution in [2.75, 3.05) is 5.75 Å². The Morgan fingerprint density at radius 1 is 1.56 bits per heavy atom. The highest BCUT2D eigenvalue weighted by molar-refractivity contribution is 8.12. The molecule has 0 aliphatic carbocycles. The molecular weight excluding hydrogens is 270 g/mol. The Kier molecular flexibility index (Phi) is 3.24. The van der Waals surface area contributed by atoms with E-state index in [0.29, 0.717) is 0 Å². The third-order valence-corrected chi connectivity index (χ3v) is 5.80. The second-order valence-electron chi connectivity index (χ2n) is 3.23. The maximum absolute atomic E-state index is 11.5. The molecule has 8 heteroatoms. The Morgan fingerprint density at radius 3 is 2.88 bits per heavy atom. The molecule has 2 rings (SSSR count). The molecule has 1 saturated heterocycles. The second kappa shape index (κ2) is 4.36. The lowest BCUT2D eigenvalue weighted by atomic mass is 10.4. The van der Waals surface area contributed by atoms with Crippen LogP contribution in [-0.4, -0.2) is 34.2 Å². The number of thiophene rings is 1. The predicted molar refractivity (Wildman–Crippen MR) is 62.7 cm³/mol. The summed E-state index contributed by atoms with van der Waals surface area (Å²) < 4.78 is 30.0. The number of rotatable bonds is 3. The van der Waals surface area contributed by atoms with Gasteiger partial charge >= 0.3 is 0 Å². The van der Waals surface area contributed by atoms with Crippen molar-refractivity contribution in [3.05, 3.63) is 22.4 Å². The first-order valence-corrected chi connectivity index (χ1v) is 7.81. The molecule has 1 unspecified atom stereocenters. The summed E-state index contributed by atoms with van der Waals surface area (Å²) in [6.07, 6.45) is 0. The first-order chi connectivity index (χ1) is 7.48. The Labute approximate surface area is 101 Å². The van der Waals surface area contributed by atoms with Crippen LogP contribution in [-0.2, 0) is 21.5 Å². The maximum atomic E-state index is 11.5. The van der Waals surface area contributed by atoms with Crippen LogP contribution in [0.15, 0.2) is 17.5 Å². The molecular formula is C8H9NO4S3. The average Bonchev–Trinajstić information content (AvgIpc) is 2.76. The van der Waals surface area contributed by atoms with Crippen LogP contribution in [0.5, 0.6) is 0 Å². The van der Waals surface area contributed by atoms with Crippen LogP contribution in [0.4, 0.5) is 0 Å². The minimum Gasteiger partial charge on any atom is -0.309 e. The van der Waals surface area contributed by atoms with Gasteiger partial charge in [0, 0.05) is 4.88 Å². The van der Waals surface area contributed by atoms with Gasteiger partial charge in [-0.2, -0.15) is 8.42 Å². The quantitative estimate of drug-likeness (QED) is 0.835. The molecule has 0 spiro atoms. The zero-order valence-corrected chi connectivity index (χ0v) is 10.5. The van der Waals surface area contributed by atoms with Crippen molar-refractivity contribution in [3.8, 4) is 0 Å². The van der Waals surface area contributed by atoms with Gasteiger partial charge in [-0.15, -0.1) is 23.1 Å². The highest BCUT2D eigenvalue weighted by Crippen LogP contribution is 2.30. The van der Waals surface area contributed by atoms with Crippen molar-refractivity contribution in [1.29, 1.82) is 0 Å². The molecule has 1 N–H and O–H groups in total. The molecule has 0 aromatic carbocycles. The summed E-state index contributed by atoms with van der Waals surface area (Å²) in [5.74, 6) is -0.170. The number of hydrogen-bond acceptors (Lipinski definition) is 5. The van der Waals surface area contributed by atoms with Gasteiger partial charge in [0.15, 0.2) is 0 Å². The van der Waals surface area contributed by atoms with E-state index in [1.165, 1.54) is 16.2 Å². The maximum Gasteiger partial charge on any atom is 0.296 e. The molecule has 1 amide bonds. The third kappa shape index (κ3) is 2.40. The Morgan fingerprint density at radius 2 is 2.31 bits per heavy atom. The summed E-state index contributed by atoms with van der Waals surface area (Å²) in [4.78, 5) is 13.6. The van der Waals surface area contributed by atoms with Crippen molar-refractivity contribution < 1.29 is 17.8 Å². The van der Waals surface area contributed by atoms with E-state index in [1.54, 1.807) is 0 Å². The van der Waals surface area contributed by atoms with Crippen molar-refractivity contribution >= 4 is 39.1 Å². The van der Waals surface area contributed by atoms with Crippen LogP contribution >= 0.6 is 23.1 Å². The molecule has 2 heterocycles. The van der Waals surface area contributed by atoms with E-state index in [9.17, 15) is 13.2 Å². The van der Waals surface area contributed by atoms with E-state index in [0.717, 1.165) is 16.6 Å². The SMILES string of the molecule is O=C1CSC(S(=O)(=O)O)N1Cc1cccs1. The summed E-state index contributed by atoms with van der Waals surface area (Å²) in [6.45, 7) is 0.230. The molecule has 0 saturated carbocycles. The monoisotopic (exact) mass is 279 g/mol. The van der Waals surface area contributed by atoms with E-state index in [4.69, 9.17) is 4.55 Å². The Hall–Kier alpha value is -0.570. The first-order valence-electron chi connectivity index (χ1n) is 4.38. The minimum absolute atomic E-state index is 0.0931. The normalized spacial score (nSPS) is 21.7. The average molecular weight is 279 g/mol. The van der Waals surface area contributed by atoms with Gasteiger partial charge in [-0.1, -0.05) is 6.07 Å². The predicted octanol–water partition coefficient (Wildman–Crippen LogP) is 0.995. The first kappa shape index (κ1) is 11.9. The highest BCUT2D eigenvalue weighted by atomic mass is 32.3. The summed E-state index contributed by atoms with van der Waals surface area (Å²) in [5.41, 5.74) is 0. The molecule has 88 valence electrons. The van der Waals surface area contributed by atoms with Crippen LogP contribution in [0, 0.1) is 0 Å². The summed E-state index contributed by atoms with van der Waals surface area (Å²) >= 11 is 2.38. The second-order valence-corrected chi connectivity index (χ2v) is 7.11. The standard InChI is InChI=1S/C8H9NO4S3/c10-7-5-15-8(16(11,12)13)9(7)4-6-2-1-3-14-6/h1-3,8H,4-5H2,(H,11,12,13). The van der Waals surface area contributed by atoms with Gasteiger partial charge in [-0.3, -0.25) is 9.35 Å². The zero-order valence-electron chi connectivity index (χ0n) is 8.07. The van der Waals surface area contributed by atoms with Crippen LogP contribution in [0.25, 0.3) is 0 Å². The lowest BCUT2D eigenvalue weighted by Crippen LogP contribution is -2.36. The number of thioether (sulfide) groups is 1. The molecule has 0 radical (unpaired) electrons. The van der Waals surface area contributed by atoms with Crippen molar-refractivity contribution in [3.63, 3.8) is 0 Å². The molecule has 1 atom stereocenters. The fourth-order valence-corrected chi connectivity index (χ4v) is 4.34. The van der Waals surface area contributed by atoms with E-state index in [-0.39, 0.29) is 18.2 Å². The van der Waals surface area contributed by atoms with E-state index in [2.05, 4.69) is 0 Å². The number of carbonyl (C=O) groups is 1. The third-order valence-electron chi connectivity index (χ3n) is 2.09. The van der Waals surface area contributed by atoms with Crippen molar-refractivity contribution in [1.82, 2.24) is 4.90 Å². The molecule has 5 nitrogen and oxygen atoms in total. The number of hydrogen-bond donors (Lipinski definition) is 1. The van der Waals surface area contributed by atoms with Gasteiger partial charge in [0.2, 0.25) is 10.6 Å². The summed E-state index contributed by atoms with van der Waals surface area (Å²) in [5, 5.41) is 1.85. The number of nitrogens with zero attached hydrogens (tertiary/aromatic N) is 1. The minimum atomic E-state index is -4.22. The van der Waals surface area contributed by atoms with Crippen LogP contribution in [0.1, 0.15) is 4.88 Å². The molecule has 1 fully saturated rings. The lowest BCUT2D eigenvalue weighted by molar-refractivity contribution is -0.127.